The lowest BCUT2D eigenvalue weighted by molar-refractivity contribution is 0.0735. The fourth-order valence-corrected chi connectivity index (χ4v) is 3.69. The summed E-state index contributed by atoms with van der Waals surface area (Å²) < 4.78 is 11.0. The predicted octanol–water partition coefficient (Wildman–Crippen LogP) is 4.65. The number of nitrogens with zero attached hydrogens (tertiary/aromatic N) is 2. The van der Waals surface area contributed by atoms with E-state index in [2.05, 4.69) is 4.98 Å². The number of amides is 1. The molecule has 29 heavy (non-hydrogen) atoms. The second-order valence-electron chi connectivity index (χ2n) is 7.10. The van der Waals surface area contributed by atoms with Gasteiger partial charge in [0.15, 0.2) is 0 Å². The molecule has 1 saturated heterocycles. The summed E-state index contributed by atoms with van der Waals surface area (Å²) in [6.07, 6.45) is 5.51. The second kappa shape index (κ2) is 8.78. The summed E-state index contributed by atoms with van der Waals surface area (Å²) in [5.41, 5.74) is 2.83. The van der Waals surface area contributed by atoms with Crippen molar-refractivity contribution in [2.24, 2.45) is 0 Å². The number of hydrogen-bond donors (Lipinski definition) is 0. The quantitative estimate of drug-likeness (QED) is 0.617. The molecule has 0 saturated carbocycles. The minimum atomic E-state index is 0.0575. The van der Waals surface area contributed by atoms with Gasteiger partial charge in [-0.15, -0.1) is 0 Å². The van der Waals surface area contributed by atoms with E-state index >= 15 is 0 Å². The highest BCUT2D eigenvalue weighted by atomic mass is 16.5. The van der Waals surface area contributed by atoms with Crippen molar-refractivity contribution in [1.29, 1.82) is 0 Å². The van der Waals surface area contributed by atoms with E-state index in [-0.39, 0.29) is 11.9 Å². The second-order valence-corrected chi connectivity index (χ2v) is 7.10. The Morgan fingerprint density at radius 1 is 1.07 bits per heavy atom. The Kier molecular flexibility index (Phi) is 5.75. The van der Waals surface area contributed by atoms with Crippen LogP contribution in [0, 0.1) is 0 Å². The maximum absolute atomic E-state index is 13.1. The minimum Gasteiger partial charge on any atom is -0.497 e. The van der Waals surface area contributed by atoms with E-state index in [1.54, 1.807) is 19.5 Å². The molecule has 0 aliphatic carbocycles. The van der Waals surface area contributed by atoms with Crippen molar-refractivity contribution < 1.29 is 14.3 Å². The van der Waals surface area contributed by atoms with Crippen LogP contribution in [0.25, 0.3) is 0 Å². The van der Waals surface area contributed by atoms with Crippen LogP contribution in [0.1, 0.15) is 40.4 Å². The zero-order valence-corrected chi connectivity index (χ0v) is 16.5. The molecule has 1 amide bonds. The van der Waals surface area contributed by atoms with Gasteiger partial charge < -0.3 is 14.4 Å². The molecule has 4 rings (SSSR count). The number of aromatic nitrogens is 1. The van der Waals surface area contributed by atoms with Crippen LogP contribution in [0.4, 0.5) is 0 Å². The van der Waals surface area contributed by atoms with Crippen LogP contribution in [0.15, 0.2) is 73.1 Å². The molecule has 1 aromatic heterocycles. The fourth-order valence-electron chi connectivity index (χ4n) is 3.69. The third-order valence-electron chi connectivity index (χ3n) is 5.24. The van der Waals surface area contributed by atoms with E-state index in [0.717, 1.165) is 42.0 Å². The lowest BCUT2D eigenvalue weighted by Crippen LogP contribution is -2.30. The van der Waals surface area contributed by atoms with Crippen molar-refractivity contribution >= 4 is 5.91 Å². The van der Waals surface area contributed by atoms with Crippen molar-refractivity contribution in [2.45, 2.75) is 25.5 Å². The molecule has 1 unspecified atom stereocenters. The normalized spacial score (nSPS) is 15.9. The molecular weight excluding hydrogens is 364 g/mol. The van der Waals surface area contributed by atoms with Gasteiger partial charge >= 0.3 is 0 Å². The van der Waals surface area contributed by atoms with Gasteiger partial charge in [0.05, 0.1) is 13.2 Å². The lowest BCUT2D eigenvalue weighted by atomic mass is 10.0. The third-order valence-corrected chi connectivity index (χ3v) is 5.24. The Bertz CT molecular complexity index is 940. The summed E-state index contributed by atoms with van der Waals surface area (Å²) in [5, 5.41) is 0. The van der Waals surface area contributed by atoms with Gasteiger partial charge in [-0.05, 0) is 60.9 Å². The maximum atomic E-state index is 13.1. The van der Waals surface area contributed by atoms with Crippen LogP contribution in [0.5, 0.6) is 11.5 Å². The molecule has 0 bridgehead atoms. The summed E-state index contributed by atoms with van der Waals surface area (Å²) in [7, 11) is 1.66. The Labute approximate surface area is 170 Å². The standard InChI is InChI=1S/C24H24N2O3/c1-28-21-10-6-19(7-11-21)23-5-3-15-26(23)24(27)20-8-12-22(13-9-20)29-17-18-4-2-14-25-16-18/h2,4,6-14,16,23H,3,5,15,17H2,1H3. The van der Waals surface area contributed by atoms with Crippen LogP contribution in [0.3, 0.4) is 0 Å². The Balaban J connectivity index is 1.42. The third kappa shape index (κ3) is 4.40. The largest absolute Gasteiger partial charge is 0.497 e. The van der Waals surface area contributed by atoms with Crippen molar-refractivity contribution in [2.75, 3.05) is 13.7 Å². The highest BCUT2D eigenvalue weighted by Crippen LogP contribution is 2.34. The monoisotopic (exact) mass is 388 g/mol. The van der Waals surface area contributed by atoms with E-state index in [0.29, 0.717) is 12.2 Å². The SMILES string of the molecule is COc1ccc(C2CCCN2C(=O)c2ccc(OCc3cccnc3)cc2)cc1. The van der Waals surface area contributed by atoms with Gasteiger partial charge in [0.2, 0.25) is 0 Å². The van der Waals surface area contributed by atoms with Crippen LogP contribution in [-0.2, 0) is 6.61 Å². The molecule has 1 fully saturated rings. The van der Waals surface area contributed by atoms with Crippen molar-refractivity contribution in [3.05, 3.63) is 89.7 Å². The summed E-state index contributed by atoms with van der Waals surface area (Å²) in [4.78, 5) is 19.1. The molecule has 2 heterocycles. The molecular formula is C24H24N2O3. The number of carbonyl (C=O) groups is 1. The fraction of sp³-hybridized carbons (Fsp3) is 0.250. The van der Waals surface area contributed by atoms with Gasteiger partial charge in [0.25, 0.3) is 5.91 Å². The maximum Gasteiger partial charge on any atom is 0.254 e. The van der Waals surface area contributed by atoms with E-state index < -0.39 is 0 Å². The predicted molar refractivity (Wildman–Crippen MR) is 111 cm³/mol. The Morgan fingerprint density at radius 2 is 1.83 bits per heavy atom. The number of carbonyl (C=O) groups excluding carboxylic acids is 1. The molecule has 5 heteroatoms. The molecule has 0 radical (unpaired) electrons. The molecule has 3 aromatic rings. The van der Waals surface area contributed by atoms with Gasteiger partial charge in [-0.25, -0.2) is 0 Å². The number of ether oxygens (including phenoxy) is 2. The number of pyridine rings is 1. The van der Waals surface area contributed by atoms with Crippen molar-refractivity contribution in [3.8, 4) is 11.5 Å². The summed E-state index contributed by atoms with van der Waals surface area (Å²) in [5.74, 6) is 1.62. The molecule has 0 spiro atoms. The molecule has 1 aliphatic rings. The average Bonchev–Trinajstić information content (AvgIpc) is 3.28. The van der Waals surface area contributed by atoms with E-state index in [1.807, 2.05) is 65.6 Å². The first-order valence-corrected chi connectivity index (χ1v) is 9.81. The number of hydrogen-bond acceptors (Lipinski definition) is 4. The molecule has 148 valence electrons. The van der Waals surface area contributed by atoms with Crippen LogP contribution in [-0.4, -0.2) is 29.4 Å². The number of rotatable bonds is 6. The molecule has 0 N–H and O–H groups in total. The first kappa shape index (κ1) is 19.0. The zero-order valence-electron chi connectivity index (χ0n) is 16.5. The molecule has 2 aromatic carbocycles. The number of likely N-dealkylation sites (tertiary alicyclic amines) is 1. The van der Waals surface area contributed by atoms with Crippen LogP contribution < -0.4 is 9.47 Å². The smallest absolute Gasteiger partial charge is 0.254 e. The zero-order chi connectivity index (χ0) is 20.1. The summed E-state index contributed by atoms with van der Waals surface area (Å²) >= 11 is 0. The average molecular weight is 388 g/mol. The molecule has 5 nitrogen and oxygen atoms in total. The van der Waals surface area contributed by atoms with Crippen molar-refractivity contribution in [1.82, 2.24) is 9.88 Å². The summed E-state index contributed by atoms with van der Waals surface area (Å²) in [6, 6.07) is 19.3. The number of methoxy groups -OCH3 is 1. The summed E-state index contributed by atoms with van der Waals surface area (Å²) in [6.45, 7) is 1.22. The van der Waals surface area contributed by atoms with Crippen molar-refractivity contribution in [3.63, 3.8) is 0 Å². The molecule has 1 aliphatic heterocycles. The van der Waals surface area contributed by atoms with E-state index in [1.165, 1.54) is 0 Å². The highest BCUT2D eigenvalue weighted by molar-refractivity contribution is 5.94. The van der Waals surface area contributed by atoms with E-state index in [9.17, 15) is 4.79 Å². The Hall–Kier alpha value is -3.34. The minimum absolute atomic E-state index is 0.0575. The van der Waals surface area contributed by atoms with Crippen LogP contribution in [0.2, 0.25) is 0 Å². The van der Waals surface area contributed by atoms with Gasteiger partial charge in [-0.3, -0.25) is 9.78 Å². The topological polar surface area (TPSA) is 51.7 Å². The van der Waals surface area contributed by atoms with E-state index in [4.69, 9.17) is 9.47 Å². The number of benzene rings is 2. The Morgan fingerprint density at radius 3 is 2.52 bits per heavy atom. The van der Waals surface area contributed by atoms with Gasteiger partial charge in [0.1, 0.15) is 18.1 Å². The van der Waals surface area contributed by atoms with Gasteiger partial charge in [-0.1, -0.05) is 18.2 Å². The highest BCUT2D eigenvalue weighted by Gasteiger charge is 2.30. The van der Waals surface area contributed by atoms with Gasteiger partial charge in [0, 0.05) is 30.1 Å². The lowest BCUT2D eigenvalue weighted by Gasteiger charge is -2.25. The molecule has 1 atom stereocenters. The van der Waals surface area contributed by atoms with Gasteiger partial charge in [-0.2, -0.15) is 0 Å². The van der Waals surface area contributed by atoms with Crippen LogP contribution >= 0.6 is 0 Å². The first-order valence-electron chi connectivity index (χ1n) is 9.81. The first-order chi connectivity index (χ1) is 14.2.